The van der Waals surface area contributed by atoms with Crippen LogP contribution in [0.3, 0.4) is 0 Å². The van der Waals surface area contributed by atoms with Gasteiger partial charge < -0.3 is 10.1 Å². The fourth-order valence-corrected chi connectivity index (χ4v) is 2.79. The van der Waals surface area contributed by atoms with Gasteiger partial charge in [-0.25, -0.2) is 10.8 Å². The van der Waals surface area contributed by atoms with E-state index in [9.17, 15) is 4.79 Å². The molecule has 0 atom stereocenters. The number of anilines is 2. The van der Waals surface area contributed by atoms with Crippen LogP contribution >= 0.6 is 11.3 Å². The number of esters is 1. The Balaban J connectivity index is 2.02. The zero-order valence-electron chi connectivity index (χ0n) is 12.1. The second-order valence-corrected chi connectivity index (χ2v) is 5.69. The molecule has 0 unspecified atom stereocenters. The van der Waals surface area contributed by atoms with Gasteiger partial charge in [-0.2, -0.15) is 4.98 Å². The first kappa shape index (κ1) is 15.5. The number of aromatic nitrogens is 2. The lowest BCUT2D eigenvalue weighted by atomic mass is 10.3. The number of nitrogen functional groups attached to an aromatic ring is 1. The van der Waals surface area contributed by atoms with Crippen LogP contribution in [0.5, 0.6) is 0 Å². The fourth-order valence-electron chi connectivity index (χ4n) is 1.91. The molecule has 0 saturated carbocycles. The third-order valence-electron chi connectivity index (χ3n) is 2.80. The van der Waals surface area contributed by atoms with Gasteiger partial charge in [-0.1, -0.05) is 0 Å². The Bertz CT molecular complexity index is 628. The minimum atomic E-state index is -0.178. The molecule has 2 aromatic rings. The molecule has 114 valence electrons. The zero-order valence-corrected chi connectivity index (χ0v) is 12.9. The van der Waals surface area contributed by atoms with Crippen LogP contribution in [0.1, 0.15) is 24.6 Å². The lowest BCUT2D eigenvalue weighted by Gasteiger charge is -2.08. The van der Waals surface area contributed by atoms with Crippen molar-refractivity contribution < 1.29 is 9.53 Å². The highest BCUT2D eigenvalue weighted by Gasteiger charge is 2.10. The fraction of sp³-hybridized carbons (Fsp3) is 0.462. The van der Waals surface area contributed by atoms with Gasteiger partial charge in [0.05, 0.1) is 12.0 Å². The molecular weight excluding hydrogens is 290 g/mol. The summed E-state index contributed by atoms with van der Waals surface area (Å²) in [7, 11) is 0. The van der Waals surface area contributed by atoms with Gasteiger partial charge in [0.15, 0.2) is 0 Å². The van der Waals surface area contributed by atoms with E-state index in [1.54, 1.807) is 18.3 Å². The number of fused-ring (bicyclic) bond motifs is 1. The number of hydrazine groups is 1. The first-order valence-corrected chi connectivity index (χ1v) is 7.60. The Kier molecular flexibility index (Phi) is 5.29. The number of thiophene rings is 1. The molecule has 0 radical (unpaired) electrons. The van der Waals surface area contributed by atoms with Gasteiger partial charge in [0.1, 0.15) is 10.6 Å². The van der Waals surface area contributed by atoms with Crippen LogP contribution in [-0.2, 0) is 9.53 Å². The predicted octanol–water partition coefficient (Wildman–Crippen LogP) is 2.04. The third-order valence-corrected chi connectivity index (χ3v) is 3.74. The van der Waals surface area contributed by atoms with E-state index in [2.05, 4.69) is 20.7 Å². The van der Waals surface area contributed by atoms with Crippen molar-refractivity contribution in [2.45, 2.75) is 26.7 Å². The lowest BCUT2D eigenvalue weighted by molar-refractivity contribution is -0.143. The zero-order chi connectivity index (χ0) is 15.2. The van der Waals surface area contributed by atoms with Crippen molar-refractivity contribution in [1.29, 1.82) is 0 Å². The standard InChI is InChI=1S/C13H19N5O2S/c1-3-20-10(19)5-4-6-15-11-9-7-8(2)21-12(9)17-13(16-11)18-14/h7H,3-6,14H2,1-2H3,(H2,15,16,17,18). The van der Waals surface area contributed by atoms with E-state index < -0.39 is 0 Å². The average Bonchev–Trinajstić information content (AvgIpc) is 2.83. The average molecular weight is 309 g/mol. The quantitative estimate of drug-likeness (QED) is 0.311. The molecular formula is C13H19N5O2S. The van der Waals surface area contributed by atoms with Crippen LogP contribution in [0.15, 0.2) is 6.07 Å². The van der Waals surface area contributed by atoms with E-state index in [4.69, 9.17) is 10.6 Å². The Morgan fingerprint density at radius 2 is 2.29 bits per heavy atom. The molecule has 0 aliphatic carbocycles. The van der Waals surface area contributed by atoms with Gasteiger partial charge in [0.2, 0.25) is 5.95 Å². The summed E-state index contributed by atoms with van der Waals surface area (Å²) in [5.41, 5.74) is 2.46. The number of aryl methyl sites for hydroxylation is 1. The first-order chi connectivity index (χ1) is 10.1. The van der Waals surface area contributed by atoms with Crippen LogP contribution in [-0.4, -0.2) is 29.1 Å². The third kappa shape index (κ3) is 4.02. The Morgan fingerprint density at radius 1 is 1.48 bits per heavy atom. The number of carbonyl (C=O) groups is 1. The molecule has 21 heavy (non-hydrogen) atoms. The summed E-state index contributed by atoms with van der Waals surface area (Å²) in [6.45, 7) is 4.86. The Morgan fingerprint density at radius 3 is 3.00 bits per heavy atom. The smallest absolute Gasteiger partial charge is 0.305 e. The maximum atomic E-state index is 11.3. The minimum absolute atomic E-state index is 0.178. The van der Waals surface area contributed by atoms with Crippen LogP contribution in [0.4, 0.5) is 11.8 Å². The van der Waals surface area contributed by atoms with E-state index in [1.807, 2.05) is 13.0 Å². The van der Waals surface area contributed by atoms with E-state index in [0.717, 1.165) is 20.9 Å². The predicted molar refractivity (Wildman–Crippen MR) is 84.3 cm³/mol. The number of nitrogens with one attached hydrogen (secondary N) is 2. The van der Waals surface area contributed by atoms with Crippen LogP contribution < -0.4 is 16.6 Å². The van der Waals surface area contributed by atoms with Crippen molar-refractivity contribution in [3.8, 4) is 0 Å². The van der Waals surface area contributed by atoms with E-state index in [1.165, 1.54) is 0 Å². The van der Waals surface area contributed by atoms with E-state index in [-0.39, 0.29) is 5.97 Å². The van der Waals surface area contributed by atoms with Crippen LogP contribution in [0, 0.1) is 6.92 Å². The first-order valence-electron chi connectivity index (χ1n) is 6.78. The molecule has 2 aromatic heterocycles. The van der Waals surface area contributed by atoms with Crippen molar-refractivity contribution in [2.24, 2.45) is 5.84 Å². The molecule has 4 N–H and O–H groups in total. The van der Waals surface area contributed by atoms with Gasteiger partial charge in [-0.3, -0.25) is 10.2 Å². The van der Waals surface area contributed by atoms with Crippen LogP contribution in [0.25, 0.3) is 10.2 Å². The molecule has 0 fully saturated rings. The van der Waals surface area contributed by atoms with E-state index >= 15 is 0 Å². The number of rotatable bonds is 7. The summed E-state index contributed by atoms with van der Waals surface area (Å²) in [4.78, 5) is 21.9. The summed E-state index contributed by atoms with van der Waals surface area (Å²) >= 11 is 1.59. The molecule has 0 aromatic carbocycles. The molecule has 0 aliphatic heterocycles. The van der Waals surface area contributed by atoms with Gasteiger partial charge in [0, 0.05) is 17.8 Å². The molecule has 2 heterocycles. The number of hydrogen-bond acceptors (Lipinski definition) is 8. The van der Waals surface area contributed by atoms with Crippen molar-refractivity contribution in [2.75, 3.05) is 23.9 Å². The summed E-state index contributed by atoms with van der Waals surface area (Å²) < 4.78 is 4.89. The molecule has 0 spiro atoms. The Labute approximate surface area is 126 Å². The molecule has 7 nitrogen and oxygen atoms in total. The maximum Gasteiger partial charge on any atom is 0.305 e. The normalized spacial score (nSPS) is 10.6. The molecule has 2 rings (SSSR count). The van der Waals surface area contributed by atoms with Crippen LogP contribution in [0.2, 0.25) is 0 Å². The Hall–Kier alpha value is -1.93. The van der Waals surface area contributed by atoms with E-state index in [0.29, 0.717) is 31.9 Å². The topological polar surface area (TPSA) is 102 Å². The number of hydrogen-bond donors (Lipinski definition) is 3. The highest BCUT2D eigenvalue weighted by molar-refractivity contribution is 7.18. The highest BCUT2D eigenvalue weighted by atomic mass is 32.1. The molecule has 0 saturated heterocycles. The maximum absolute atomic E-state index is 11.3. The second-order valence-electron chi connectivity index (χ2n) is 4.45. The molecule has 8 heteroatoms. The largest absolute Gasteiger partial charge is 0.466 e. The lowest BCUT2D eigenvalue weighted by Crippen LogP contribution is -2.13. The molecule has 0 bridgehead atoms. The van der Waals surface area contributed by atoms with Gasteiger partial charge >= 0.3 is 5.97 Å². The minimum Gasteiger partial charge on any atom is -0.466 e. The van der Waals surface area contributed by atoms with Crippen molar-refractivity contribution in [3.05, 3.63) is 10.9 Å². The monoisotopic (exact) mass is 309 g/mol. The van der Waals surface area contributed by atoms with Gasteiger partial charge in [-0.05, 0) is 26.3 Å². The molecule has 0 amide bonds. The number of nitrogens with two attached hydrogens (primary N) is 1. The van der Waals surface area contributed by atoms with Gasteiger partial charge in [0.25, 0.3) is 0 Å². The summed E-state index contributed by atoms with van der Waals surface area (Å²) in [5, 5.41) is 4.19. The number of nitrogens with zero attached hydrogens (tertiary/aromatic N) is 2. The van der Waals surface area contributed by atoms with Crippen molar-refractivity contribution in [1.82, 2.24) is 9.97 Å². The van der Waals surface area contributed by atoms with Crippen molar-refractivity contribution >= 4 is 39.3 Å². The number of ether oxygens (including phenoxy) is 1. The SMILES string of the molecule is CCOC(=O)CCCNc1nc(NN)nc2sc(C)cc12. The number of carbonyl (C=O) groups excluding carboxylic acids is 1. The van der Waals surface area contributed by atoms with Crippen molar-refractivity contribution in [3.63, 3.8) is 0 Å². The second kappa shape index (κ2) is 7.19. The van der Waals surface area contributed by atoms with Gasteiger partial charge in [-0.15, -0.1) is 11.3 Å². The summed E-state index contributed by atoms with van der Waals surface area (Å²) in [6.07, 6.45) is 1.07. The highest BCUT2D eigenvalue weighted by Crippen LogP contribution is 2.29. The molecule has 0 aliphatic rings. The summed E-state index contributed by atoms with van der Waals surface area (Å²) in [5.74, 6) is 6.30. The summed E-state index contributed by atoms with van der Waals surface area (Å²) in [6, 6.07) is 2.04.